The lowest BCUT2D eigenvalue weighted by molar-refractivity contribution is 0.174. The fourth-order valence-corrected chi connectivity index (χ4v) is 2.78. The molecule has 0 aromatic heterocycles. The lowest BCUT2D eigenvalue weighted by atomic mass is 10.0. The molecule has 6 heteroatoms. The second-order valence-corrected chi connectivity index (χ2v) is 6.19. The Bertz CT molecular complexity index is 828. The Morgan fingerprint density at radius 1 is 1.14 bits per heavy atom. The third-order valence-corrected chi connectivity index (χ3v) is 4.57. The second kappa shape index (κ2) is 6.21. The van der Waals surface area contributed by atoms with Crippen LogP contribution in [-0.2, 0) is 0 Å². The number of rotatable bonds is 2. The maximum absolute atomic E-state index is 9.42. The van der Waals surface area contributed by atoms with E-state index in [1.165, 1.54) is 0 Å². The molecule has 110 valence electrons. The van der Waals surface area contributed by atoms with Gasteiger partial charge >= 0.3 is 0 Å². The highest BCUT2D eigenvalue weighted by molar-refractivity contribution is 9.10. The molecular formula is C16H8BrCl2NO2. The van der Waals surface area contributed by atoms with Gasteiger partial charge in [-0.1, -0.05) is 45.2 Å². The highest BCUT2D eigenvalue weighted by Gasteiger charge is 2.16. The van der Waals surface area contributed by atoms with Crippen LogP contribution in [0.3, 0.4) is 0 Å². The average molecular weight is 397 g/mol. The third kappa shape index (κ3) is 2.93. The van der Waals surface area contributed by atoms with Gasteiger partial charge in [0.1, 0.15) is 0 Å². The first-order chi connectivity index (χ1) is 10.6. The molecule has 0 saturated carbocycles. The van der Waals surface area contributed by atoms with Crippen molar-refractivity contribution in [2.75, 3.05) is 6.79 Å². The van der Waals surface area contributed by atoms with Crippen LogP contribution < -0.4 is 9.47 Å². The third-order valence-electron chi connectivity index (χ3n) is 3.14. The minimum absolute atomic E-state index is 0.201. The predicted octanol–water partition coefficient (Wildman–Crippen LogP) is 5.55. The first-order valence-electron chi connectivity index (χ1n) is 6.25. The topological polar surface area (TPSA) is 42.2 Å². The molecule has 3 rings (SSSR count). The van der Waals surface area contributed by atoms with E-state index < -0.39 is 0 Å². The largest absolute Gasteiger partial charge is 0.454 e. The highest BCUT2D eigenvalue weighted by Crippen LogP contribution is 2.38. The van der Waals surface area contributed by atoms with Crippen LogP contribution in [0.2, 0.25) is 10.0 Å². The van der Waals surface area contributed by atoms with E-state index in [0.29, 0.717) is 32.7 Å². The van der Waals surface area contributed by atoms with Crippen molar-refractivity contribution < 1.29 is 9.47 Å². The molecule has 1 aliphatic heterocycles. The van der Waals surface area contributed by atoms with E-state index >= 15 is 0 Å². The summed E-state index contributed by atoms with van der Waals surface area (Å²) in [6, 6.07) is 10.9. The molecule has 3 nitrogen and oxygen atoms in total. The van der Waals surface area contributed by atoms with E-state index in [-0.39, 0.29) is 6.79 Å². The van der Waals surface area contributed by atoms with Crippen molar-refractivity contribution in [3.63, 3.8) is 0 Å². The number of hydrogen-bond acceptors (Lipinski definition) is 3. The number of ether oxygens (including phenoxy) is 2. The molecule has 0 fully saturated rings. The van der Waals surface area contributed by atoms with Crippen LogP contribution in [-0.4, -0.2) is 6.79 Å². The predicted molar refractivity (Wildman–Crippen MR) is 90.2 cm³/mol. The Morgan fingerprint density at radius 2 is 1.86 bits per heavy atom. The van der Waals surface area contributed by atoms with Crippen molar-refractivity contribution in [1.29, 1.82) is 5.26 Å². The van der Waals surface area contributed by atoms with Gasteiger partial charge in [-0.3, -0.25) is 0 Å². The summed E-state index contributed by atoms with van der Waals surface area (Å²) in [5, 5.41) is 10.3. The van der Waals surface area contributed by atoms with E-state index in [4.69, 9.17) is 32.7 Å². The number of fused-ring (bicyclic) bond motifs is 1. The van der Waals surface area contributed by atoms with Crippen LogP contribution >= 0.6 is 39.1 Å². The van der Waals surface area contributed by atoms with Gasteiger partial charge in [-0.2, -0.15) is 5.26 Å². The molecule has 0 atom stereocenters. The van der Waals surface area contributed by atoms with Crippen LogP contribution in [0.5, 0.6) is 11.5 Å². The summed E-state index contributed by atoms with van der Waals surface area (Å²) in [7, 11) is 0. The Hall–Kier alpha value is -1.67. The van der Waals surface area contributed by atoms with Crippen LogP contribution in [0.25, 0.3) is 11.6 Å². The Kier molecular flexibility index (Phi) is 4.30. The number of allylic oxidation sites excluding steroid dienone is 1. The van der Waals surface area contributed by atoms with Gasteiger partial charge in [0.2, 0.25) is 6.79 Å². The molecule has 0 spiro atoms. The molecule has 0 bridgehead atoms. The zero-order chi connectivity index (χ0) is 15.7. The zero-order valence-corrected chi connectivity index (χ0v) is 14.2. The van der Waals surface area contributed by atoms with Gasteiger partial charge in [0.25, 0.3) is 0 Å². The Labute approximate surface area is 145 Å². The van der Waals surface area contributed by atoms with Crippen LogP contribution in [0.4, 0.5) is 0 Å². The van der Waals surface area contributed by atoms with Gasteiger partial charge in [-0.25, -0.2) is 0 Å². The van der Waals surface area contributed by atoms with Crippen molar-refractivity contribution in [2.45, 2.75) is 0 Å². The minimum Gasteiger partial charge on any atom is -0.454 e. The van der Waals surface area contributed by atoms with Crippen molar-refractivity contribution >= 4 is 50.8 Å². The average Bonchev–Trinajstić information content (AvgIpc) is 2.94. The van der Waals surface area contributed by atoms with Crippen LogP contribution in [0, 0.1) is 11.3 Å². The summed E-state index contributed by atoms with van der Waals surface area (Å²) in [6.45, 7) is 0.201. The summed E-state index contributed by atoms with van der Waals surface area (Å²) in [4.78, 5) is 0. The normalized spacial score (nSPS) is 13.1. The van der Waals surface area contributed by atoms with E-state index in [0.717, 1.165) is 10.0 Å². The number of hydrogen-bond donors (Lipinski definition) is 0. The molecule has 22 heavy (non-hydrogen) atoms. The number of nitriles is 1. The maximum Gasteiger partial charge on any atom is 0.231 e. The molecule has 1 heterocycles. The van der Waals surface area contributed by atoms with Crippen LogP contribution in [0.1, 0.15) is 11.1 Å². The fourth-order valence-electron chi connectivity index (χ4n) is 2.04. The molecule has 2 aromatic carbocycles. The summed E-state index contributed by atoms with van der Waals surface area (Å²) in [5.41, 5.74) is 1.98. The summed E-state index contributed by atoms with van der Waals surface area (Å²) >= 11 is 15.4. The van der Waals surface area contributed by atoms with Crippen molar-refractivity contribution in [3.8, 4) is 17.6 Å². The molecule has 2 aromatic rings. The highest BCUT2D eigenvalue weighted by atomic mass is 79.9. The first-order valence-corrected chi connectivity index (χ1v) is 7.80. The van der Waals surface area contributed by atoms with Gasteiger partial charge < -0.3 is 9.47 Å². The van der Waals surface area contributed by atoms with E-state index in [9.17, 15) is 5.26 Å². The zero-order valence-electron chi connectivity index (χ0n) is 11.1. The standard InChI is InChI=1S/C16H8BrCl2NO2/c17-12-6-16-15(21-8-22-16)5-10(12)3-11(7-20)9-1-2-13(18)14(19)4-9/h1-6H,8H2/b11-3+. The van der Waals surface area contributed by atoms with Gasteiger partial charge in [0, 0.05) is 4.47 Å². The van der Waals surface area contributed by atoms with E-state index in [2.05, 4.69) is 22.0 Å². The molecule has 0 amide bonds. The quantitative estimate of drug-likeness (QED) is 0.493. The molecule has 0 aliphatic carbocycles. The van der Waals surface area contributed by atoms with Crippen molar-refractivity contribution in [2.24, 2.45) is 0 Å². The van der Waals surface area contributed by atoms with E-state index in [1.807, 2.05) is 12.1 Å². The minimum atomic E-state index is 0.201. The molecule has 0 N–H and O–H groups in total. The SMILES string of the molecule is N#C/C(=C\c1cc2c(cc1Br)OCO2)c1ccc(Cl)c(Cl)c1. The van der Waals surface area contributed by atoms with Crippen molar-refractivity contribution in [3.05, 3.63) is 56.0 Å². The molecule has 1 aliphatic rings. The van der Waals surface area contributed by atoms with Crippen LogP contribution in [0.15, 0.2) is 34.8 Å². The van der Waals surface area contributed by atoms with Gasteiger partial charge in [0.05, 0.1) is 21.7 Å². The summed E-state index contributed by atoms with van der Waals surface area (Å²) < 4.78 is 11.5. The number of halogens is 3. The maximum atomic E-state index is 9.42. The smallest absolute Gasteiger partial charge is 0.231 e. The number of benzene rings is 2. The summed E-state index contributed by atoms with van der Waals surface area (Å²) in [5.74, 6) is 1.33. The Balaban J connectivity index is 2.05. The molecule has 0 radical (unpaired) electrons. The molecular weight excluding hydrogens is 389 g/mol. The molecule has 0 saturated heterocycles. The number of nitrogens with zero attached hydrogens (tertiary/aromatic N) is 1. The van der Waals surface area contributed by atoms with Gasteiger partial charge in [0.15, 0.2) is 11.5 Å². The fraction of sp³-hybridized carbons (Fsp3) is 0.0625. The monoisotopic (exact) mass is 395 g/mol. The summed E-state index contributed by atoms with van der Waals surface area (Å²) in [6.07, 6.45) is 1.76. The molecule has 0 unspecified atom stereocenters. The van der Waals surface area contributed by atoms with E-state index in [1.54, 1.807) is 24.3 Å². The Morgan fingerprint density at radius 3 is 2.55 bits per heavy atom. The lowest BCUT2D eigenvalue weighted by Crippen LogP contribution is -1.92. The second-order valence-electron chi connectivity index (χ2n) is 4.53. The van der Waals surface area contributed by atoms with Gasteiger partial charge in [-0.05, 0) is 41.5 Å². The first kappa shape index (κ1) is 15.2. The van der Waals surface area contributed by atoms with Gasteiger partial charge in [-0.15, -0.1) is 0 Å². The lowest BCUT2D eigenvalue weighted by Gasteiger charge is -2.05. The van der Waals surface area contributed by atoms with Crippen molar-refractivity contribution in [1.82, 2.24) is 0 Å².